The fourth-order valence-corrected chi connectivity index (χ4v) is 3.52. The number of nitrogens with zero attached hydrogens (tertiary/aromatic N) is 3. The molecule has 1 amide bonds. The van der Waals surface area contributed by atoms with Gasteiger partial charge < -0.3 is 10.2 Å². The van der Waals surface area contributed by atoms with Crippen LogP contribution in [-0.2, 0) is 17.8 Å². The molecule has 0 saturated heterocycles. The summed E-state index contributed by atoms with van der Waals surface area (Å²) in [4.78, 5) is 14.7. The summed E-state index contributed by atoms with van der Waals surface area (Å²) in [5, 5.41) is 8.38. The van der Waals surface area contributed by atoms with Crippen LogP contribution in [0.5, 0.6) is 0 Å². The third-order valence-corrected chi connectivity index (χ3v) is 5.13. The van der Waals surface area contributed by atoms with Crippen molar-refractivity contribution in [2.75, 3.05) is 20.6 Å². The van der Waals surface area contributed by atoms with Gasteiger partial charge in [0.05, 0.1) is 18.2 Å². The fourth-order valence-electron chi connectivity index (χ4n) is 3.26. The smallest absolute Gasteiger partial charge is 0.224 e. The number of aryl methyl sites for hydroxylation is 1. The lowest BCUT2D eigenvalue weighted by atomic mass is 10.1. The maximum Gasteiger partial charge on any atom is 0.224 e. The summed E-state index contributed by atoms with van der Waals surface area (Å²) >= 11 is 6.34. The van der Waals surface area contributed by atoms with E-state index >= 15 is 0 Å². The summed E-state index contributed by atoms with van der Waals surface area (Å²) in [6, 6.07) is 7.79. The van der Waals surface area contributed by atoms with Crippen molar-refractivity contribution < 1.29 is 4.79 Å². The van der Waals surface area contributed by atoms with Gasteiger partial charge in [-0.15, -0.1) is 0 Å². The first kappa shape index (κ1) is 21.5. The number of hydrogen-bond acceptors (Lipinski definition) is 3. The van der Waals surface area contributed by atoms with E-state index in [2.05, 4.69) is 29.2 Å². The normalized spacial score (nSPS) is 12.6. The highest BCUT2D eigenvalue weighted by Gasteiger charge is 2.19. The molecule has 1 atom stereocenters. The minimum Gasteiger partial charge on any atom is -0.354 e. The number of halogens is 1. The molecule has 0 spiro atoms. The summed E-state index contributed by atoms with van der Waals surface area (Å²) < 4.78 is 2.01. The SMILES string of the molecule is Cc1nn(CC(C)C)c(C)c1CC(=O)NC[C@H](c1ccccc1Cl)N(C)C. The predicted octanol–water partition coefficient (Wildman–Crippen LogP) is 3.77. The highest BCUT2D eigenvalue weighted by molar-refractivity contribution is 6.31. The highest BCUT2D eigenvalue weighted by Crippen LogP contribution is 2.25. The van der Waals surface area contributed by atoms with Gasteiger partial charge in [0.2, 0.25) is 5.91 Å². The second-order valence-corrected chi connectivity index (χ2v) is 8.11. The van der Waals surface area contributed by atoms with Crippen molar-refractivity contribution in [1.82, 2.24) is 20.0 Å². The van der Waals surface area contributed by atoms with Gasteiger partial charge in [-0.2, -0.15) is 5.10 Å². The number of carbonyl (C=O) groups is 1. The van der Waals surface area contributed by atoms with Crippen LogP contribution in [0.15, 0.2) is 24.3 Å². The summed E-state index contributed by atoms with van der Waals surface area (Å²) in [7, 11) is 3.98. The van der Waals surface area contributed by atoms with Gasteiger partial charge in [-0.3, -0.25) is 9.48 Å². The van der Waals surface area contributed by atoms with Gasteiger partial charge in [0, 0.05) is 29.4 Å². The Hall–Kier alpha value is -1.85. The number of amides is 1. The molecule has 0 aliphatic carbocycles. The molecule has 148 valence electrons. The maximum absolute atomic E-state index is 12.6. The van der Waals surface area contributed by atoms with Gasteiger partial charge in [0.1, 0.15) is 0 Å². The first-order chi connectivity index (χ1) is 12.7. The molecule has 0 aliphatic rings. The van der Waals surface area contributed by atoms with Crippen LogP contribution >= 0.6 is 11.6 Å². The van der Waals surface area contributed by atoms with Crippen LogP contribution in [0, 0.1) is 19.8 Å². The van der Waals surface area contributed by atoms with E-state index < -0.39 is 0 Å². The van der Waals surface area contributed by atoms with Gasteiger partial charge in [-0.25, -0.2) is 0 Å². The summed E-state index contributed by atoms with van der Waals surface area (Å²) in [6.45, 7) is 9.71. The van der Waals surface area contributed by atoms with Gasteiger partial charge in [0.15, 0.2) is 0 Å². The molecule has 0 unspecified atom stereocenters. The van der Waals surface area contributed by atoms with Gasteiger partial charge >= 0.3 is 0 Å². The number of carbonyl (C=O) groups excluding carboxylic acids is 1. The lowest BCUT2D eigenvalue weighted by Crippen LogP contribution is -2.35. The van der Waals surface area contributed by atoms with E-state index in [1.807, 2.05) is 56.9 Å². The molecule has 1 aromatic carbocycles. The van der Waals surface area contributed by atoms with Crippen molar-refractivity contribution in [1.29, 1.82) is 0 Å². The Kier molecular flexibility index (Phi) is 7.45. The molecular formula is C21H31ClN4O. The molecule has 0 bridgehead atoms. The Bertz CT molecular complexity index is 782. The number of nitrogens with one attached hydrogen (secondary N) is 1. The largest absolute Gasteiger partial charge is 0.354 e. The van der Waals surface area contributed by atoms with Crippen LogP contribution in [0.3, 0.4) is 0 Å². The fraction of sp³-hybridized carbons (Fsp3) is 0.524. The number of hydrogen-bond donors (Lipinski definition) is 1. The van der Waals surface area contributed by atoms with E-state index in [-0.39, 0.29) is 11.9 Å². The van der Waals surface area contributed by atoms with Crippen molar-refractivity contribution >= 4 is 17.5 Å². The molecule has 2 aromatic rings. The number of benzene rings is 1. The molecule has 0 fully saturated rings. The highest BCUT2D eigenvalue weighted by atomic mass is 35.5. The molecule has 0 aliphatic heterocycles. The number of aromatic nitrogens is 2. The van der Waals surface area contributed by atoms with Crippen molar-refractivity contribution in [3.8, 4) is 0 Å². The Morgan fingerprint density at radius 2 is 1.93 bits per heavy atom. The van der Waals surface area contributed by atoms with Gasteiger partial charge in [-0.1, -0.05) is 43.6 Å². The Labute approximate surface area is 167 Å². The maximum atomic E-state index is 12.6. The molecule has 27 heavy (non-hydrogen) atoms. The lowest BCUT2D eigenvalue weighted by Gasteiger charge is -2.26. The zero-order valence-electron chi connectivity index (χ0n) is 17.2. The van der Waals surface area contributed by atoms with E-state index in [0.717, 1.165) is 29.1 Å². The van der Waals surface area contributed by atoms with Crippen LogP contribution in [-0.4, -0.2) is 41.2 Å². The van der Waals surface area contributed by atoms with E-state index in [9.17, 15) is 4.79 Å². The molecule has 1 aromatic heterocycles. The first-order valence-electron chi connectivity index (χ1n) is 9.41. The monoisotopic (exact) mass is 390 g/mol. The van der Waals surface area contributed by atoms with Crippen molar-refractivity contribution in [3.05, 3.63) is 51.8 Å². The minimum absolute atomic E-state index is 0.00389. The quantitative estimate of drug-likeness (QED) is 0.746. The summed E-state index contributed by atoms with van der Waals surface area (Å²) in [6.07, 6.45) is 0.346. The van der Waals surface area contributed by atoms with Gasteiger partial charge in [0.25, 0.3) is 0 Å². The molecule has 5 nitrogen and oxygen atoms in total. The molecule has 0 saturated carbocycles. The van der Waals surface area contributed by atoms with Crippen LogP contribution < -0.4 is 5.32 Å². The molecule has 6 heteroatoms. The van der Waals surface area contributed by atoms with E-state index in [1.54, 1.807) is 0 Å². The van der Waals surface area contributed by atoms with Crippen molar-refractivity contribution in [3.63, 3.8) is 0 Å². The minimum atomic E-state index is 0.00389. The van der Waals surface area contributed by atoms with Crippen LogP contribution in [0.4, 0.5) is 0 Å². The topological polar surface area (TPSA) is 50.2 Å². The van der Waals surface area contributed by atoms with E-state index in [1.165, 1.54) is 0 Å². The third kappa shape index (κ3) is 5.56. The Morgan fingerprint density at radius 1 is 1.26 bits per heavy atom. The summed E-state index contributed by atoms with van der Waals surface area (Å²) in [5.41, 5.74) is 4.04. The standard InChI is InChI=1S/C21H31ClN4O/c1-14(2)13-26-16(4)18(15(3)24-26)11-21(27)23-12-20(25(5)6)17-9-7-8-10-19(17)22/h7-10,14,20H,11-13H2,1-6H3,(H,23,27)/t20-/m1/s1. The van der Waals surface area contributed by atoms with Crippen molar-refractivity contribution in [2.24, 2.45) is 5.92 Å². The first-order valence-corrected chi connectivity index (χ1v) is 9.79. The van der Waals surface area contributed by atoms with Gasteiger partial charge in [-0.05, 0) is 45.5 Å². The van der Waals surface area contributed by atoms with Crippen LogP contribution in [0.2, 0.25) is 5.02 Å². The average Bonchev–Trinajstić information content (AvgIpc) is 2.83. The zero-order chi connectivity index (χ0) is 20.1. The zero-order valence-corrected chi connectivity index (χ0v) is 18.0. The van der Waals surface area contributed by atoms with E-state index in [4.69, 9.17) is 11.6 Å². The molecule has 0 radical (unpaired) electrons. The number of likely N-dealkylation sites (N-methyl/N-ethyl adjacent to an activating group) is 1. The second kappa shape index (κ2) is 9.38. The average molecular weight is 391 g/mol. The third-order valence-electron chi connectivity index (χ3n) is 4.79. The second-order valence-electron chi connectivity index (χ2n) is 7.71. The van der Waals surface area contributed by atoms with Crippen LogP contribution in [0.1, 0.15) is 42.4 Å². The molecular weight excluding hydrogens is 360 g/mol. The predicted molar refractivity (Wildman–Crippen MR) is 111 cm³/mol. The summed E-state index contributed by atoms with van der Waals surface area (Å²) in [5.74, 6) is 0.519. The molecule has 1 N–H and O–H groups in total. The van der Waals surface area contributed by atoms with Crippen molar-refractivity contribution in [2.45, 2.75) is 46.7 Å². The molecule has 2 rings (SSSR count). The lowest BCUT2D eigenvalue weighted by molar-refractivity contribution is -0.120. The molecule has 1 heterocycles. The Morgan fingerprint density at radius 3 is 2.52 bits per heavy atom. The number of rotatable bonds is 8. The van der Waals surface area contributed by atoms with Crippen LogP contribution in [0.25, 0.3) is 0 Å². The van der Waals surface area contributed by atoms with E-state index in [0.29, 0.717) is 23.9 Å². The Balaban J connectivity index is 2.05.